The first-order valence-electron chi connectivity index (χ1n) is 5.40. The number of rotatable bonds is 5. The number of hydrogen-bond donors (Lipinski definition) is 5. The summed E-state index contributed by atoms with van der Waals surface area (Å²) in [6, 6.07) is -1.15. The molecular weight excluding hydrogens is 230 g/mol. The Morgan fingerprint density at radius 3 is 2.59 bits per heavy atom. The molecule has 1 amide bonds. The number of amides is 1. The van der Waals surface area contributed by atoms with E-state index in [1.54, 1.807) is 0 Å². The van der Waals surface area contributed by atoms with Crippen molar-refractivity contribution in [1.29, 1.82) is 0 Å². The van der Waals surface area contributed by atoms with Crippen molar-refractivity contribution >= 4 is 12.1 Å². The van der Waals surface area contributed by atoms with Crippen LogP contribution >= 0.6 is 0 Å². The first-order valence-corrected chi connectivity index (χ1v) is 5.40. The van der Waals surface area contributed by atoms with Gasteiger partial charge in [-0.2, -0.15) is 0 Å². The summed E-state index contributed by atoms with van der Waals surface area (Å²) < 4.78 is 0. The minimum absolute atomic E-state index is 0.422. The number of carbonyl (C=O) groups is 2. The Hall–Kier alpha value is -1.38. The first-order chi connectivity index (χ1) is 8.06. The molecule has 8 heteroatoms. The van der Waals surface area contributed by atoms with Crippen molar-refractivity contribution in [2.45, 2.75) is 31.5 Å². The van der Waals surface area contributed by atoms with E-state index in [1.165, 1.54) is 4.90 Å². The third kappa shape index (κ3) is 3.84. The molecule has 0 aromatic carbocycles. The fraction of sp³-hybridized carbons (Fsp3) is 0.778. The van der Waals surface area contributed by atoms with Crippen molar-refractivity contribution in [3.63, 3.8) is 0 Å². The Balaban J connectivity index is 2.47. The molecule has 0 radical (unpaired) electrons. The van der Waals surface area contributed by atoms with Crippen LogP contribution < -0.4 is 10.9 Å². The summed E-state index contributed by atoms with van der Waals surface area (Å²) in [5, 5.41) is 26.4. The number of aliphatic hydroxyl groups excluding tert-OH is 1. The van der Waals surface area contributed by atoms with Gasteiger partial charge in [-0.3, -0.25) is 9.69 Å². The fourth-order valence-corrected chi connectivity index (χ4v) is 1.69. The lowest BCUT2D eigenvalue weighted by molar-refractivity contribution is -0.141. The van der Waals surface area contributed by atoms with Crippen LogP contribution in [-0.2, 0) is 4.79 Å². The number of hydrogen-bond acceptors (Lipinski definition) is 5. The topological polar surface area (TPSA) is 122 Å². The van der Waals surface area contributed by atoms with E-state index < -0.39 is 30.9 Å². The second kappa shape index (κ2) is 6.38. The van der Waals surface area contributed by atoms with Crippen LogP contribution in [0.1, 0.15) is 19.3 Å². The van der Waals surface area contributed by atoms with Crippen molar-refractivity contribution in [2.75, 3.05) is 13.2 Å². The molecule has 1 aliphatic heterocycles. The summed E-state index contributed by atoms with van der Waals surface area (Å²) >= 11 is 0. The molecule has 1 saturated heterocycles. The Bertz CT molecular complexity index is 286. The third-order valence-electron chi connectivity index (χ3n) is 2.65. The molecule has 1 unspecified atom stereocenters. The van der Waals surface area contributed by atoms with E-state index in [4.69, 9.17) is 15.3 Å². The van der Waals surface area contributed by atoms with Gasteiger partial charge in [0.25, 0.3) is 0 Å². The van der Waals surface area contributed by atoms with Gasteiger partial charge in [-0.15, -0.1) is 0 Å². The molecule has 0 saturated carbocycles. The molecule has 0 spiro atoms. The SMILES string of the molecule is O=C(O)[C@H](CO)NNC1CCCCN1C(=O)O. The average molecular weight is 247 g/mol. The van der Waals surface area contributed by atoms with Gasteiger partial charge in [0.15, 0.2) is 0 Å². The average Bonchev–Trinajstić information content (AvgIpc) is 2.29. The zero-order valence-corrected chi connectivity index (χ0v) is 9.30. The summed E-state index contributed by atoms with van der Waals surface area (Å²) in [4.78, 5) is 22.7. The van der Waals surface area contributed by atoms with E-state index in [-0.39, 0.29) is 0 Å². The Morgan fingerprint density at radius 2 is 2.06 bits per heavy atom. The second-order valence-electron chi connectivity index (χ2n) is 3.85. The van der Waals surface area contributed by atoms with Gasteiger partial charge in [-0.05, 0) is 19.3 Å². The number of nitrogens with one attached hydrogen (secondary N) is 2. The normalized spacial score (nSPS) is 22.2. The Morgan fingerprint density at radius 1 is 1.35 bits per heavy atom. The third-order valence-corrected chi connectivity index (χ3v) is 2.65. The number of nitrogens with zero attached hydrogens (tertiary/aromatic N) is 1. The highest BCUT2D eigenvalue weighted by Gasteiger charge is 2.27. The fourth-order valence-electron chi connectivity index (χ4n) is 1.69. The van der Waals surface area contributed by atoms with E-state index in [0.29, 0.717) is 13.0 Å². The summed E-state index contributed by atoms with van der Waals surface area (Å²) in [5.41, 5.74) is 5.06. The van der Waals surface area contributed by atoms with Crippen LogP contribution in [0.25, 0.3) is 0 Å². The van der Waals surface area contributed by atoms with Gasteiger partial charge in [0, 0.05) is 6.54 Å². The lowest BCUT2D eigenvalue weighted by atomic mass is 10.1. The summed E-state index contributed by atoms with van der Waals surface area (Å²) in [6.45, 7) is -0.145. The van der Waals surface area contributed by atoms with E-state index >= 15 is 0 Å². The number of carboxylic acids is 1. The van der Waals surface area contributed by atoms with Gasteiger partial charge in [-0.1, -0.05) is 0 Å². The summed E-state index contributed by atoms with van der Waals surface area (Å²) in [6.07, 6.45) is 0.777. The van der Waals surface area contributed by atoms with Crippen LogP contribution in [0, 0.1) is 0 Å². The molecule has 98 valence electrons. The van der Waals surface area contributed by atoms with Crippen molar-refractivity contribution in [1.82, 2.24) is 15.8 Å². The van der Waals surface area contributed by atoms with Gasteiger partial charge in [-0.25, -0.2) is 15.6 Å². The minimum Gasteiger partial charge on any atom is -0.480 e. The highest BCUT2D eigenvalue weighted by molar-refractivity contribution is 5.73. The predicted molar refractivity (Wildman–Crippen MR) is 57.2 cm³/mol. The maximum Gasteiger partial charge on any atom is 0.408 e. The molecule has 5 N–H and O–H groups in total. The second-order valence-corrected chi connectivity index (χ2v) is 3.85. The number of hydrazine groups is 1. The smallest absolute Gasteiger partial charge is 0.408 e. The molecular formula is C9H17N3O5. The number of aliphatic hydroxyl groups is 1. The highest BCUT2D eigenvalue weighted by atomic mass is 16.4. The summed E-state index contributed by atoms with van der Waals surface area (Å²) in [7, 11) is 0. The van der Waals surface area contributed by atoms with Gasteiger partial charge in [0.05, 0.1) is 12.8 Å². The van der Waals surface area contributed by atoms with Gasteiger partial charge in [0.2, 0.25) is 0 Å². The molecule has 1 rings (SSSR count). The number of aliphatic carboxylic acids is 1. The Labute approximate surface area is 98.2 Å². The largest absolute Gasteiger partial charge is 0.480 e. The molecule has 2 atom stereocenters. The van der Waals surface area contributed by atoms with Gasteiger partial charge < -0.3 is 15.3 Å². The number of piperidine rings is 1. The van der Waals surface area contributed by atoms with Crippen LogP contribution in [0.15, 0.2) is 0 Å². The maximum atomic E-state index is 10.9. The molecule has 0 aromatic heterocycles. The molecule has 1 heterocycles. The number of likely N-dealkylation sites (tertiary alicyclic amines) is 1. The molecule has 1 aliphatic rings. The zero-order chi connectivity index (χ0) is 12.8. The van der Waals surface area contributed by atoms with Crippen molar-refractivity contribution < 1.29 is 24.9 Å². The van der Waals surface area contributed by atoms with E-state index in [0.717, 1.165) is 12.8 Å². The van der Waals surface area contributed by atoms with Crippen LogP contribution in [0.3, 0.4) is 0 Å². The summed E-state index contributed by atoms with van der Waals surface area (Å²) in [5.74, 6) is -1.20. The lowest BCUT2D eigenvalue weighted by Gasteiger charge is -2.34. The van der Waals surface area contributed by atoms with E-state index in [2.05, 4.69) is 10.9 Å². The van der Waals surface area contributed by atoms with E-state index in [1.807, 2.05) is 0 Å². The first kappa shape index (κ1) is 13.7. The zero-order valence-electron chi connectivity index (χ0n) is 9.30. The molecule has 17 heavy (non-hydrogen) atoms. The van der Waals surface area contributed by atoms with Crippen LogP contribution in [0.5, 0.6) is 0 Å². The highest BCUT2D eigenvalue weighted by Crippen LogP contribution is 2.14. The van der Waals surface area contributed by atoms with Crippen molar-refractivity contribution in [2.24, 2.45) is 0 Å². The van der Waals surface area contributed by atoms with Gasteiger partial charge in [0.1, 0.15) is 6.04 Å². The monoisotopic (exact) mass is 247 g/mol. The van der Waals surface area contributed by atoms with Crippen molar-refractivity contribution in [3.05, 3.63) is 0 Å². The molecule has 0 bridgehead atoms. The van der Waals surface area contributed by atoms with Crippen LogP contribution in [-0.4, -0.2) is 57.6 Å². The molecule has 0 aromatic rings. The van der Waals surface area contributed by atoms with Crippen LogP contribution in [0.2, 0.25) is 0 Å². The minimum atomic E-state index is -1.20. The predicted octanol–water partition coefficient (Wildman–Crippen LogP) is -0.984. The number of carboxylic acid groups (broad SMARTS) is 2. The molecule has 0 aliphatic carbocycles. The van der Waals surface area contributed by atoms with Gasteiger partial charge >= 0.3 is 12.1 Å². The quantitative estimate of drug-likeness (QED) is 0.395. The molecule has 1 fully saturated rings. The van der Waals surface area contributed by atoms with Crippen molar-refractivity contribution in [3.8, 4) is 0 Å². The lowest BCUT2D eigenvalue weighted by Crippen LogP contribution is -2.59. The standard InChI is InChI=1S/C9H17N3O5/c13-5-6(8(14)15)10-11-7-3-1-2-4-12(7)9(16)17/h6-7,10-11,13H,1-5H2,(H,14,15)(H,16,17)/t6-,7?/m0/s1. The van der Waals surface area contributed by atoms with Crippen LogP contribution in [0.4, 0.5) is 4.79 Å². The maximum absolute atomic E-state index is 10.9. The molecule has 8 nitrogen and oxygen atoms in total. The van der Waals surface area contributed by atoms with E-state index in [9.17, 15) is 9.59 Å². The Kier molecular flexibility index (Phi) is 5.13.